The van der Waals surface area contributed by atoms with Gasteiger partial charge < -0.3 is 10.0 Å². The van der Waals surface area contributed by atoms with Crippen LogP contribution in [0.3, 0.4) is 0 Å². The minimum atomic E-state index is 0.199. The van der Waals surface area contributed by atoms with E-state index in [1.165, 1.54) is 12.8 Å². The van der Waals surface area contributed by atoms with E-state index in [1.807, 2.05) is 0 Å². The molecule has 0 bridgehead atoms. The molecule has 1 aliphatic rings. The molecule has 1 amide bonds. The normalized spacial score (nSPS) is 21.7. The molecular formula is C12H23NO2. The van der Waals surface area contributed by atoms with Gasteiger partial charge in [0.2, 0.25) is 5.91 Å². The van der Waals surface area contributed by atoms with Crippen molar-refractivity contribution < 1.29 is 9.90 Å². The fourth-order valence-corrected chi connectivity index (χ4v) is 2.29. The van der Waals surface area contributed by atoms with E-state index in [0.717, 1.165) is 32.2 Å². The summed E-state index contributed by atoms with van der Waals surface area (Å²) in [7, 11) is 0. The summed E-state index contributed by atoms with van der Waals surface area (Å²) in [6, 6.07) is 0.473. The summed E-state index contributed by atoms with van der Waals surface area (Å²) < 4.78 is 0. The first-order valence-electron chi connectivity index (χ1n) is 6.20. The van der Waals surface area contributed by atoms with Crippen molar-refractivity contribution in [2.45, 2.75) is 57.9 Å². The minimum Gasteiger partial charge on any atom is -0.396 e. The zero-order valence-corrected chi connectivity index (χ0v) is 9.74. The van der Waals surface area contributed by atoms with Crippen LogP contribution in [-0.2, 0) is 4.79 Å². The zero-order valence-electron chi connectivity index (χ0n) is 9.74. The van der Waals surface area contributed by atoms with E-state index >= 15 is 0 Å². The SMILES string of the molecule is CCC1CCCCN1C(=O)CCCCO. The van der Waals surface area contributed by atoms with Gasteiger partial charge in [0, 0.05) is 25.6 Å². The number of aliphatic hydroxyl groups is 1. The Kier molecular flexibility index (Phi) is 5.69. The Labute approximate surface area is 92.5 Å². The highest BCUT2D eigenvalue weighted by Gasteiger charge is 2.24. The van der Waals surface area contributed by atoms with Gasteiger partial charge in [0.25, 0.3) is 0 Å². The molecule has 1 fully saturated rings. The van der Waals surface area contributed by atoms with Crippen LogP contribution in [0.5, 0.6) is 0 Å². The first-order chi connectivity index (χ1) is 7.29. The molecule has 3 heteroatoms. The van der Waals surface area contributed by atoms with Crippen molar-refractivity contribution in [3.63, 3.8) is 0 Å². The van der Waals surface area contributed by atoms with Crippen LogP contribution in [0.4, 0.5) is 0 Å². The molecule has 0 saturated carbocycles. The second-order valence-electron chi connectivity index (χ2n) is 4.33. The lowest BCUT2D eigenvalue weighted by Gasteiger charge is -2.35. The number of nitrogens with zero attached hydrogens (tertiary/aromatic N) is 1. The Bertz CT molecular complexity index is 194. The molecule has 1 aliphatic heterocycles. The average Bonchev–Trinajstić information content (AvgIpc) is 2.29. The Balaban J connectivity index is 2.34. The average molecular weight is 213 g/mol. The first kappa shape index (κ1) is 12.5. The third-order valence-corrected chi connectivity index (χ3v) is 3.22. The lowest BCUT2D eigenvalue weighted by Crippen LogP contribution is -2.43. The van der Waals surface area contributed by atoms with Gasteiger partial charge in [0.05, 0.1) is 0 Å². The maximum Gasteiger partial charge on any atom is 0.222 e. The van der Waals surface area contributed by atoms with Gasteiger partial charge in [-0.25, -0.2) is 0 Å². The third-order valence-electron chi connectivity index (χ3n) is 3.22. The first-order valence-corrected chi connectivity index (χ1v) is 6.20. The van der Waals surface area contributed by atoms with Crippen LogP contribution in [0.1, 0.15) is 51.9 Å². The van der Waals surface area contributed by atoms with Crippen LogP contribution in [0.2, 0.25) is 0 Å². The lowest BCUT2D eigenvalue weighted by molar-refractivity contribution is -0.135. The van der Waals surface area contributed by atoms with Gasteiger partial charge in [0.15, 0.2) is 0 Å². The molecule has 1 unspecified atom stereocenters. The van der Waals surface area contributed by atoms with Gasteiger partial charge >= 0.3 is 0 Å². The Morgan fingerprint density at radius 1 is 1.40 bits per heavy atom. The van der Waals surface area contributed by atoms with Crippen LogP contribution in [0, 0.1) is 0 Å². The van der Waals surface area contributed by atoms with E-state index in [9.17, 15) is 4.79 Å². The molecule has 0 aromatic carbocycles. The van der Waals surface area contributed by atoms with Gasteiger partial charge in [-0.15, -0.1) is 0 Å². The molecule has 15 heavy (non-hydrogen) atoms. The zero-order chi connectivity index (χ0) is 11.1. The number of hydrogen-bond acceptors (Lipinski definition) is 2. The highest BCUT2D eigenvalue weighted by Crippen LogP contribution is 2.20. The molecule has 0 spiro atoms. The predicted octanol–water partition coefficient (Wildman–Crippen LogP) is 1.94. The molecule has 1 N–H and O–H groups in total. The standard InChI is InChI=1S/C12H23NO2/c1-2-11-7-3-5-9-13(11)12(15)8-4-6-10-14/h11,14H,2-10H2,1H3. The van der Waals surface area contributed by atoms with Crippen LogP contribution in [-0.4, -0.2) is 35.1 Å². The second-order valence-corrected chi connectivity index (χ2v) is 4.33. The summed E-state index contributed by atoms with van der Waals surface area (Å²) >= 11 is 0. The Morgan fingerprint density at radius 3 is 2.87 bits per heavy atom. The molecule has 1 saturated heterocycles. The van der Waals surface area contributed by atoms with E-state index in [0.29, 0.717) is 12.5 Å². The summed E-state index contributed by atoms with van der Waals surface area (Å²) in [4.78, 5) is 13.9. The van der Waals surface area contributed by atoms with Gasteiger partial charge in [-0.2, -0.15) is 0 Å². The number of carbonyl (C=O) groups excluding carboxylic acids is 1. The largest absolute Gasteiger partial charge is 0.396 e. The van der Waals surface area contributed by atoms with Crippen LogP contribution in [0.15, 0.2) is 0 Å². The molecule has 0 radical (unpaired) electrons. The topological polar surface area (TPSA) is 40.5 Å². The monoisotopic (exact) mass is 213 g/mol. The molecule has 0 aliphatic carbocycles. The number of hydrogen-bond donors (Lipinski definition) is 1. The number of unbranched alkanes of at least 4 members (excludes halogenated alkanes) is 1. The molecule has 0 aromatic heterocycles. The number of piperidine rings is 1. The van der Waals surface area contributed by atoms with Crippen LogP contribution < -0.4 is 0 Å². The predicted molar refractivity (Wildman–Crippen MR) is 60.6 cm³/mol. The summed E-state index contributed by atoms with van der Waals surface area (Å²) in [6.45, 7) is 3.30. The highest BCUT2D eigenvalue weighted by atomic mass is 16.3. The van der Waals surface area contributed by atoms with Gasteiger partial charge in [-0.1, -0.05) is 6.92 Å². The van der Waals surface area contributed by atoms with Crippen molar-refractivity contribution in [3.8, 4) is 0 Å². The number of aliphatic hydroxyl groups excluding tert-OH is 1. The van der Waals surface area contributed by atoms with Crippen molar-refractivity contribution in [1.29, 1.82) is 0 Å². The molecule has 88 valence electrons. The Hall–Kier alpha value is -0.570. The maximum atomic E-state index is 11.9. The van der Waals surface area contributed by atoms with Crippen molar-refractivity contribution in [3.05, 3.63) is 0 Å². The van der Waals surface area contributed by atoms with E-state index in [4.69, 9.17) is 5.11 Å². The minimum absolute atomic E-state index is 0.199. The van der Waals surface area contributed by atoms with E-state index in [-0.39, 0.29) is 12.5 Å². The van der Waals surface area contributed by atoms with Crippen molar-refractivity contribution >= 4 is 5.91 Å². The van der Waals surface area contributed by atoms with Crippen LogP contribution in [0.25, 0.3) is 0 Å². The maximum absolute atomic E-state index is 11.9. The molecular weight excluding hydrogens is 190 g/mol. The van der Waals surface area contributed by atoms with Gasteiger partial charge in [-0.05, 0) is 38.5 Å². The third kappa shape index (κ3) is 3.82. The number of likely N-dealkylation sites (tertiary alicyclic amines) is 1. The number of rotatable bonds is 5. The molecule has 1 heterocycles. The quantitative estimate of drug-likeness (QED) is 0.709. The summed E-state index contributed by atoms with van der Waals surface area (Å²) in [5, 5.41) is 8.66. The summed E-state index contributed by atoms with van der Waals surface area (Å²) in [6.07, 6.45) is 6.84. The summed E-state index contributed by atoms with van der Waals surface area (Å²) in [5.74, 6) is 0.287. The van der Waals surface area contributed by atoms with Crippen LogP contribution >= 0.6 is 0 Å². The van der Waals surface area contributed by atoms with E-state index in [2.05, 4.69) is 11.8 Å². The molecule has 0 aromatic rings. The molecule has 1 rings (SSSR count). The fourth-order valence-electron chi connectivity index (χ4n) is 2.29. The van der Waals surface area contributed by atoms with Crippen molar-refractivity contribution in [1.82, 2.24) is 4.90 Å². The van der Waals surface area contributed by atoms with Crippen molar-refractivity contribution in [2.75, 3.05) is 13.2 Å². The highest BCUT2D eigenvalue weighted by molar-refractivity contribution is 5.76. The van der Waals surface area contributed by atoms with E-state index in [1.54, 1.807) is 0 Å². The number of amides is 1. The van der Waals surface area contributed by atoms with Gasteiger partial charge in [-0.3, -0.25) is 4.79 Å². The van der Waals surface area contributed by atoms with Gasteiger partial charge in [0.1, 0.15) is 0 Å². The Morgan fingerprint density at radius 2 is 2.20 bits per heavy atom. The molecule has 3 nitrogen and oxygen atoms in total. The number of carbonyl (C=O) groups is 1. The summed E-state index contributed by atoms with van der Waals surface area (Å²) in [5.41, 5.74) is 0. The van der Waals surface area contributed by atoms with E-state index < -0.39 is 0 Å². The second kappa shape index (κ2) is 6.83. The lowest BCUT2D eigenvalue weighted by atomic mass is 9.99. The van der Waals surface area contributed by atoms with Crippen molar-refractivity contribution in [2.24, 2.45) is 0 Å². The fraction of sp³-hybridized carbons (Fsp3) is 0.917. The smallest absolute Gasteiger partial charge is 0.222 e. The molecule has 1 atom stereocenters.